The maximum atomic E-state index is 5.45. The Balaban J connectivity index is 2.74. The first-order valence-corrected chi connectivity index (χ1v) is 3.58. The molecule has 1 heterocycles. The molecule has 10 heavy (non-hydrogen) atoms. The molecule has 0 atom stereocenters. The van der Waals surface area contributed by atoms with Gasteiger partial charge < -0.3 is 0 Å². The van der Waals surface area contributed by atoms with Gasteiger partial charge in [-0.05, 0) is 12.1 Å². The Bertz CT molecular complexity index is 227. The monoisotopic (exact) mass is 156 g/mol. The summed E-state index contributed by atoms with van der Waals surface area (Å²) in [6, 6.07) is 1.93. The zero-order valence-electron chi connectivity index (χ0n) is 5.79. The molecule has 0 aliphatic heterocycles. The van der Waals surface area contributed by atoms with Crippen LogP contribution in [-0.2, 0) is 7.05 Å². The van der Waals surface area contributed by atoms with Crippen LogP contribution in [0.4, 0.5) is 0 Å². The van der Waals surface area contributed by atoms with Crippen molar-refractivity contribution < 1.29 is 0 Å². The predicted octanol–water partition coefficient (Wildman–Crippen LogP) is 1.67. The average Bonchev–Trinajstić information content (AvgIpc) is 2.31. The standard InChI is InChI=1S/C7H9ClN2/c1-10-7(3-2-5-8)4-6-9-10/h2-4,6H,5H2,1H3. The van der Waals surface area contributed by atoms with E-state index in [0.717, 1.165) is 5.69 Å². The van der Waals surface area contributed by atoms with E-state index in [2.05, 4.69) is 5.10 Å². The highest BCUT2D eigenvalue weighted by atomic mass is 35.5. The Kier molecular flexibility index (Phi) is 2.51. The largest absolute Gasteiger partial charge is 0.269 e. The molecule has 0 aliphatic carbocycles. The number of aryl methyl sites for hydroxylation is 1. The molecule has 1 rings (SSSR count). The SMILES string of the molecule is Cn1nccc1C=CCCl. The van der Waals surface area contributed by atoms with Crippen molar-refractivity contribution in [2.45, 2.75) is 0 Å². The van der Waals surface area contributed by atoms with Crippen molar-refractivity contribution in [3.8, 4) is 0 Å². The zero-order chi connectivity index (χ0) is 7.40. The molecule has 1 aromatic heterocycles. The summed E-state index contributed by atoms with van der Waals surface area (Å²) in [5.41, 5.74) is 1.07. The van der Waals surface area contributed by atoms with E-state index >= 15 is 0 Å². The van der Waals surface area contributed by atoms with Crippen LogP contribution in [0.1, 0.15) is 5.69 Å². The third kappa shape index (κ3) is 1.61. The van der Waals surface area contributed by atoms with Crippen LogP contribution in [0.2, 0.25) is 0 Å². The second-order valence-corrected chi connectivity index (χ2v) is 2.24. The van der Waals surface area contributed by atoms with Crippen LogP contribution in [0.3, 0.4) is 0 Å². The number of aromatic nitrogens is 2. The molecular formula is C7H9ClN2. The molecule has 0 bridgehead atoms. The van der Waals surface area contributed by atoms with E-state index in [1.54, 1.807) is 10.9 Å². The summed E-state index contributed by atoms with van der Waals surface area (Å²) in [6.07, 6.45) is 5.59. The van der Waals surface area contributed by atoms with E-state index in [-0.39, 0.29) is 0 Å². The fourth-order valence-corrected chi connectivity index (χ4v) is 0.802. The maximum absolute atomic E-state index is 5.45. The second-order valence-electron chi connectivity index (χ2n) is 1.94. The highest BCUT2D eigenvalue weighted by Gasteiger charge is 1.89. The van der Waals surface area contributed by atoms with Crippen molar-refractivity contribution in [2.24, 2.45) is 7.05 Å². The smallest absolute Gasteiger partial charge is 0.0603 e. The molecule has 0 aromatic carbocycles. The van der Waals surface area contributed by atoms with Crippen molar-refractivity contribution in [2.75, 3.05) is 5.88 Å². The van der Waals surface area contributed by atoms with Crippen molar-refractivity contribution >= 4 is 17.7 Å². The van der Waals surface area contributed by atoms with Gasteiger partial charge in [0, 0.05) is 19.1 Å². The molecular weight excluding hydrogens is 148 g/mol. The highest BCUT2D eigenvalue weighted by molar-refractivity contribution is 6.19. The van der Waals surface area contributed by atoms with Crippen LogP contribution in [0, 0.1) is 0 Å². The fraction of sp³-hybridized carbons (Fsp3) is 0.286. The zero-order valence-corrected chi connectivity index (χ0v) is 6.54. The summed E-state index contributed by atoms with van der Waals surface area (Å²) in [5.74, 6) is 0.547. The van der Waals surface area contributed by atoms with E-state index < -0.39 is 0 Å². The number of nitrogens with zero attached hydrogens (tertiary/aromatic N) is 2. The van der Waals surface area contributed by atoms with Crippen molar-refractivity contribution in [3.05, 3.63) is 24.0 Å². The van der Waals surface area contributed by atoms with Gasteiger partial charge in [-0.3, -0.25) is 4.68 Å². The lowest BCUT2D eigenvalue weighted by Gasteiger charge is -1.91. The van der Waals surface area contributed by atoms with Crippen LogP contribution in [0.25, 0.3) is 6.08 Å². The first-order chi connectivity index (χ1) is 4.84. The van der Waals surface area contributed by atoms with Gasteiger partial charge in [-0.1, -0.05) is 6.08 Å². The van der Waals surface area contributed by atoms with Crippen LogP contribution < -0.4 is 0 Å². The van der Waals surface area contributed by atoms with E-state index in [4.69, 9.17) is 11.6 Å². The Labute approximate surface area is 65.1 Å². The quantitative estimate of drug-likeness (QED) is 0.596. The van der Waals surface area contributed by atoms with Gasteiger partial charge in [0.05, 0.1) is 5.69 Å². The molecule has 3 heteroatoms. The molecule has 54 valence electrons. The number of allylic oxidation sites excluding steroid dienone is 1. The van der Waals surface area contributed by atoms with Gasteiger partial charge in [-0.2, -0.15) is 5.10 Å². The van der Waals surface area contributed by atoms with E-state index in [1.165, 1.54) is 0 Å². The Hall–Kier alpha value is -0.760. The minimum absolute atomic E-state index is 0.547. The molecule has 0 saturated carbocycles. The van der Waals surface area contributed by atoms with Crippen molar-refractivity contribution in [3.63, 3.8) is 0 Å². The van der Waals surface area contributed by atoms with Gasteiger partial charge >= 0.3 is 0 Å². The van der Waals surface area contributed by atoms with Crippen molar-refractivity contribution in [1.82, 2.24) is 9.78 Å². The topological polar surface area (TPSA) is 17.8 Å². The summed E-state index contributed by atoms with van der Waals surface area (Å²) in [4.78, 5) is 0. The lowest BCUT2D eigenvalue weighted by molar-refractivity contribution is 0.759. The molecule has 0 N–H and O–H groups in total. The number of alkyl halides is 1. The van der Waals surface area contributed by atoms with Gasteiger partial charge in [-0.25, -0.2) is 0 Å². The van der Waals surface area contributed by atoms with Gasteiger partial charge in [-0.15, -0.1) is 11.6 Å². The third-order valence-electron chi connectivity index (χ3n) is 1.24. The summed E-state index contributed by atoms with van der Waals surface area (Å²) in [6.45, 7) is 0. The highest BCUT2D eigenvalue weighted by Crippen LogP contribution is 1.98. The first kappa shape index (κ1) is 7.35. The van der Waals surface area contributed by atoms with Crippen LogP contribution in [0.5, 0.6) is 0 Å². The number of halogens is 1. The molecule has 0 radical (unpaired) electrons. The lowest BCUT2D eigenvalue weighted by atomic mass is 10.4. The van der Waals surface area contributed by atoms with Gasteiger partial charge in [0.1, 0.15) is 0 Å². The predicted molar refractivity (Wildman–Crippen MR) is 43.0 cm³/mol. The van der Waals surface area contributed by atoms with Crippen molar-refractivity contribution in [1.29, 1.82) is 0 Å². The summed E-state index contributed by atoms with van der Waals surface area (Å²) in [5, 5.41) is 3.99. The molecule has 0 saturated heterocycles. The van der Waals surface area contributed by atoms with Gasteiger partial charge in [0.2, 0.25) is 0 Å². The van der Waals surface area contributed by atoms with Crippen LogP contribution in [-0.4, -0.2) is 15.7 Å². The Morgan fingerprint density at radius 2 is 2.60 bits per heavy atom. The van der Waals surface area contributed by atoms with Gasteiger partial charge in [0.15, 0.2) is 0 Å². The second kappa shape index (κ2) is 3.42. The molecule has 0 amide bonds. The van der Waals surface area contributed by atoms with E-state index in [1.807, 2.05) is 25.3 Å². The molecule has 2 nitrogen and oxygen atoms in total. The third-order valence-corrected chi connectivity index (χ3v) is 1.41. The molecule has 1 aromatic rings. The van der Waals surface area contributed by atoms with E-state index in [0.29, 0.717) is 5.88 Å². The van der Waals surface area contributed by atoms with Gasteiger partial charge in [0.25, 0.3) is 0 Å². The van der Waals surface area contributed by atoms with Crippen LogP contribution in [0.15, 0.2) is 18.3 Å². The minimum atomic E-state index is 0.547. The Morgan fingerprint density at radius 3 is 3.10 bits per heavy atom. The number of rotatable bonds is 2. The molecule has 0 spiro atoms. The lowest BCUT2D eigenvalue weighted by Crippen LogP contribution is -1.91. The maximum Gasteiger partial charge on any atom is 0.0603 e. The molecule has 0 aliphatic rings. The summed E-state index contributed by atoms with van der Waals surface area (Å²) < 4.78 is 1.79. The Morgan fingerprint density at radius 1 is 1.80 bits per heavy atom. The summed E-state index contributed by atoms with van der Waals surface area (Å²) in [7, 11) is 1.90. The van der Waals surface area contributed by atoms with Crippen LogP contribution >= 0.6 is 11.6 Å². The summed E-state index contributed by atoms with van der Waals surface area (Å²) >= 11 is 5.45. The normalized spacial score (nSPS) is 11.0. The first-order valence-electron chi connectivity index (χ1n) is 3.05. The molecule has 0 fully saturated rings. The fourth-order valence-electron chi connectivity index (χ4n) is 0.713. The number of hydrogen-bond donors (Lipinski definition) is 0. The number of hydrogen-bond acceptors (Lipinski definition) is 1. The average molecular weight is 157 g/mol. The van der Waals surface area contributed by atoms with E-state index in [9.17, 15) is 0 Å². The molecule has 0 unspecified atom stereocenters. The minimum Gasteiger partial charge on any atom is -0.269 e.